The van der Waals surface area contributed by atoms with Gasteiger partial charge in [-0.3, -0.25) is 14.1 Å². The molecule has 1 spiro atoms. The Kier molecular flexibility index (Phi) is 6.81. The maximum atomic E-state index is 13.3. The van der Waals surface area contributed by atoms with Crippen molar-refractivity contribution in [1.29, 1.82) is 0 Å². The summed E-state index contributed by atoms with van der Waals surface area (Å²) in [5.41, 5.74) is 1.58. The zero-order valence-corrected chi connectivity index (χ0v) is 22.8. The van der Waals surface area contributed by atoms with E-state index >= 15 is 0 Å². The van der Waals surface area contributed by atoms with Gasteiger partial charge in [0.05, 0.1) is 36.1 Å². The van der Waals surface area contributed by atoms with E-state index in [9.17, 15) is 22.0 Å². The van der Waals surface area contributed by atoms with E-state index in [4.69, 9.17) is 14.2 Å². The molecule has 2 aliphatic heterocycles. The van der Waals surface area contributed by atoms with E-state index < -0.39 is 27.1 Å². The number of ether oxygens (including phenoxy) is 3. The molecule has 3 aromatic rings. The van der Waals surface area contributed by atoms with Gasteiger partial charge >= 0.3 is 6.61 Å². The number of halogens is 2. The highest BCUT2D eigenvalue weighted by Crippen LogP contribution is 2.42. The number of pyridine rings is 1. The van der Waals surface area contributed by atoms with E-state index in [1.165, 1.54) is 13.2 Å². The first-order valence-corrected chi connectivity index (χ1v) is 14.9. The molecule has 2 saturated heterocycles. The topological polar surface area (TPSA) is 111 Å². The molecule has 0 radical (unpaired) electrons. The molecule has 0 unspecified atom stereocenters. The molecule has 4 heterocycles. The van der Waals surface area contributed by atoms with Crippen molar-refractivity contribution >= 4 is 21.4 Å². The number of carbonyl (C=O) groups excluding carboxylic acids is 1. The number of rotatable bonds is 11. The molecule has 40 heavy (non-hydrogen) atoms. The Bertz CT molecular complexity index is 1550. The zero-order chi connectivity index (χ0) is 28.1. The average Bonchev–Trinajstić information content (AvgIpc) is 3.60. The van der Waals surface area contributed by atoms with Crippen LogP contribution < -0.4 is 19.5 Å². The van der Waals surface area contributed by atoms with Gasteiger partial charge in [-0.1, -0.05) is 0 Å². The van der Waals surface area contributed by atoms with Gasteiger partial charge in [0, 0.05) is 43.5 Å². The van der Waals surface area contributed by atoms with Gasteiger partial charge in [0.1, 0.15) is 28.5 Å². The van der Waals surface area contributed by atoms with Crippen LogP contribution >= 0.6 is 0 Å². The van der Waals surface area contributed by atoms with Crippen LogP contribution in [0.5, 0.6) is 17.2 Å². The van der Waals surface area contributed by atoms with Gasteiger partial charge in [-0.2, -0.15) is 8.78 Å². The number of nitrogens with one attached hydrogen (secondary N) is 1. The third kappa shape index (κ3) is 4.96. The van der Waals surface area contributed by atoms with Crippen molar-refractivity contribution in [3.63, 3.8) is 0 Å². The Labute approximate surface area is 230 Å². The lowest BCUT2D eigenvalue weighted by molar-refractivity contribution is -0.0502. The highest BCUT2D eigenvalue weighted by molar-refractivity contribution is 7.94. The minimum absolute atomic E-state index is 0.0282. The fourth-order valence-corrected chi connectivity index (χ4v) is 7.25. The van der Waals surface area contributed by atoms with E-state index in [1.54, 1.807) is 35.0 Å². The molecule has 1 aromatic carbocycles. The highest BCUT2D eigenvalue weighted by Gasteiger charge is 2.59. The first-order valence-electron chi connectivity index (χ1n) is 13.2. The summed E-state index contributed by atoms with van der Waals surface area (Å²) in [5, 5.41) is 2.79. The summed E-state index contributed by atoms with van der Waals surface area (Å²) in [7, 11) is -1.53. The molecule has 214 valence electrons. The number of alkyl halides is 2. The SMILES string of the molecule is COc1cc(-c2cnc3cc(OCCCN4CC5(CCS5(=O)=O)C4)ccn23)cc(OC(F)F)c1C(=O)NC1CC1. The van der Waals surface area contributed by atoms with Gasteiger partial charge in [0.15, 0.2) is 9.84 Å². The van der Waals surface area contributed by atoms with Crippen molar-refractivity contribution in [2.24, 2.45) is 0 Å². The fourth-order valence-electron chi connectivity index (χ4n) is 5.38. The van der Waals surface area contributed by atoms with E-state index in [0.29, 0.717) is 48.1 Å². The molecule has 13 heteroatoms. The average molecular weight is 577 g/mol. The van der Waals surface area contributed by atoms with E-state index in [0.717, 1.165) is 32.2 Å². The van der Waals surface area contributed by atoms with Crippen LogP contribution in [0.15, 0.2) is 36.7 Å². The predicted molar refractivity (Wildman–Crippen MR) is 142 cm³/mol. The third-order valence-corrected chi connectivity index (χ3v) is 10.3. The van der Waals surface area contributed by atoms with Crippen LogP contribution in [-0.2, 0) is 9.84 Å². The zero-order valence-electron chi connectivity index (χ0n) is 21.9. The fraction of sp³-hybridized carbons (Fsp3) is 0.481. The number of methoxy groups -OCH3 is 1. The molecular formula is C27H30F2N4O6S. The van der Waals surface area contributed by atoms with Gasteiger partial charge in [0.2, 0.25) is 0 Å². The lowest BCUT2D eigenvalue weighted by atomic mass is 9.94. The summed E-state index contributed by atoms with van der Waals surface area (Å²) < 4.78 is 67.7. The number of hydrogen-bond acceptors (Lipinski definition) is 8. The number of hydrogen-bond donors (Lipinski definition) is 1. The molecule has 10 nitrogen and oxygen atoms in total. The van der Waals surface area contributed by atoms with Crippen molar-refractivity contribution in [3.05, 3.63) is 42.2 Å². The Balaban J connectivity index is 1.14. The Morgan fingerprint density at radius 2 is 2.00 bits per heavy atom. The molecule has 3 aliphatic rings. The molecule has 0 bridgehead atoms. The van der Waals surface area contributed by atoms with Crippen LogP contribution in [0.4, 0.5) is 8.78 Å². The van der Waals surface area contributed by atoms with Crippen LogP contribution in [0, 0.1) is 0 Å². The number of amides is 1. The molecule has 2 aromatic heterocycles. The predicted octanol–water partition coefficient (Wildman–Crippen LogP) is 3.15. The number of benzene rings is 1. The van der Waals surface area contributed by atoms with Gasteiger partial charge in [-0.15, -0.1) is 0 Å². The molecule has 1 aliphatic carbocycles. The van der Waals surface area contributed by atoms with E-state index in [1.807, 2.05) is 0 Å². The molecule has 3 fully saturated rings. The lowest BCUT2D eigenvalue weighted by Crippen LogP contribution is -2.71. The number of carbonyl (C=O) groups is 1. The molecule has 6 rings (SSSR count). The van der Waals surface area contributed by atoms with Crippen LogP contribution in [0.1, 0.15) is 36.0 Å². The largest absolute Gasteiger partial charge is 0.496 e. The van der Waals surface area contributed by atoms with Crippen LogP contribution in [-0.4, -0.2) is 85.1 Å². The first kappa shape index (κ1) is 26.8. The quantitative estimate of drug-likeness (QED) is 0.347. The van der Waals surface area contributed by atoms with Crippen molar-refractivity contribution < 1.29 is 36.2 Å². The number of imidazole rings is 1. The van der Waals surface area contributed by atoms with Crippen molar-refractivity contribution in [3.8, 4) is 28.5 Å². The number of likely N-dealkylation sites (tertiary alicyclic amines) is 1. The van der Waals surface area contributed by atoms with Crippen LogP contribution in [0.2, 0.25) is 0 Å². The second-order valence-electron chi connectivity index (χ2n) is 10.6. The molecule has 1 saturated carbocycles. The van der Waals surface area contributed by atoms with Crippen molar-refractivity contribution in [2.75, 3.05) is 39.1 Å². The number of nitrogens with zero attached hydrogens (tertiary/aromatic N) is 3. The maximum absolute atomic E-state index is 13.3. The Morgan fingerprint density at radius 3 is 2.65 bits per heavy atom. The monoisotopic (exact) mass is 576 g/mol. The third-order valence-electron chi connectivity index (χ3n) is 7.82. The Hall–Kier alpha value is -3.45. The van der Waals surface area contributed by atoms with Gasteiger partial charge in [-0.25, -0.2) is 13.4 Å². The second-order valence-corrected chi connectivity index (χ2v) is 13.1. The minimum atomic E-state index is -3.12. The maximum Gasteiger partial charge on any atom is 0.387 e. The number of fused-ring (bicyclic) bond motifs is 1. The van der Waals surface area contributed by atoms with Gasteiger partial charge in [-0.05, 0) is 43.9 Å². The lowest BCUT2D eigenvalue weighted by Gasteiger charge is -2.54. The molecule has 1 N–H and O–H groups in total. The van der Waals surface area contributed by atoms with Gasteiger partial charge < -0.3 is 19.5 Å². The molecule has 1 amide bonds. The van der Waals surface area contributed by atoms with Crippen molar-refractivity contribution in [1.82, 2.24) is 19.6 Å². The summed E-state index contributed by atoms with van der Waals surface area (Å²) in [6, 6.07) is 6.57. The standard InChI is InChI=1S/C27H30F2N4O6S/c1-37-21-11-17(12-22(39-26(28)29)24(21)25(34)31-18-3-4-18)20-14-30-23-13-19(5-8-33(20)23)38-9-2-7-32-15-27(16-32)6-10-40(27,35)36/h5,8,11-14,18,26H,2-4,6-7,9-10,15-16H2,1H3,(H,31,34). The van der Waals surface area contributed by atoms with Crippen LogP contribution in [0.3, 0.4) is 0 Å². The summed E-state index contributed by atoms with van der Waals surface area (Å²) in [4.78, 5) is 19.4. The van der Waals surface area contributed by atoms with Gasteiger partial charge in [0.25, 0.3) is 5.91 Å². The molecule has 0 atom stereocenters. The number of sulfone groups is 1. The molecular weight excluding hydrogens is 546 g/mol. The summed E-state index contributed by atoms with van der Waals surface area (Å²) in [6.45, 7) is -0.663. The highest BCUT2D eigenvalue weighted by atomic mass is 32.2. The normalized spacial score (nSPS) is 19.3. The summed E-state index contributed by atoms with van der Waals surface area (Å²) in [5.74, 6) is 0.244. The Morgan fingerprint density at radius 1 is 1.23 bits per heavy atom. The van der Waals surface area contributed by atoms with Crippen molar-refractivity contribution in [2.45, 2.75) is 43.1 Å². The minimum Gasteiger partial charge on any atom is -0.496 e. The summed E-state index contributed by atoms with van der Waals surface area (Å²) in [6.07, 6.45) is 6.57. The van der Waals surface area contributed by atoms with Crippen LogP contribution in [0.25, 0.3) is 16.9 Å². The second kappa shape index (κ2) is 10.2. The number of aromatic nitrogens is 2. The summed E-state index contributed by atoms with van der Waals surface area (Å²) >= 11 is 0. The smallest absolute Gasteiger partial charge is 0.387 e. The van der Waals surface area contributed by atoms with E-state index in [-0.39, 0.29) is 23.1 Å². The van der Waals surface area contributed by atoms with E-state index in [2.05, 4.69) is 15.2 Å². The first-order chi connectivity index (χ1) is 19.2.